The first-order chi connectivity index (χ1) is 6.24. The molecule has 1 aliphatic rings. The summed E-state index contributed by atoms with van der Waals surface area (Å²) >= 11 is 0. The van der Waals surface area contributed by atoms with E-state index in [1.807, 2.05) is 0 Å². The van der Waals surface area contributed by atoms with Gasteiger partial charge in [0, 0.05) is 12.3 Å². The monoisotopic (exact) mass is 184 g/mol. The zero-order chi connectivity index (χ0) is 9.68. The van der Waals surface area contributed by atoms with Gasteiger partial charge in [-0.15, -0.1) is 0 Å². The zero-order valence-corrected chi connectivity index (χ0v) is 8.46. The molecule has 0 aromatic carbocycles. The number of carbonyl (C=O) groups excluding carboxylic acids is 1. The molecule has 3 heteroatoms. The van der Waals surface area contributed by atoms with Crippen molar-refractivity contribution in [2.24, 2.45) is 11.7 Å². The van der Waals surface area contributed by atoms with Crippen molar-refractivity contribution in [2.45, 2.75) is 25.7 Å². The van der Waals surface area contributed by atoms with E-state index in [2.05, 4.69) is 11.9 Å². The quantitative estimate of drug-likeness (QED) is 0.697. The summed E-state index contributed by atoms with van der Waals surface area (Å²) in [5.74, 6) is 0.751. The van der Waals surface area contributed by atoms with E-state index in [-0.39, 0.29) is 0 Å². The summed E-state index contributed by atoms with van der Waals surface area (Å²) in [7, 11) is 2.11. The predicted molar refractivity (Wildman–Crippen MR) is 53.5 cm³/mol. The van der Waals surface area contributed by atoms with Crippen LogP contribution in [0.15, 0.2) is 0 Å². The molecule has 0 saturated carbocycles. The number of likely N-dealkylation sites (tertiary alicyclic amines) is 1. The third-order valence-corrected chi connectivity index (χ3v) is 2.80. The van der Waals surface area contributed by atoms with E-state index in [1.54, 1.807) is 0 Å². The summed E-state index contributed by atoms with van der Waals surface area (Å²) in [5, 5.41) is 0. The highest BCUT2D eigenvalue weighted by Crippen LogP contribution is 2.18. The first-order valence-corrected chi connectivity index (χ1v) is 5.15. The van der Waals surface area contributed by atoms with Gasteiger partial charge in [-0.25, -0.2) is 0 Å². The minimum Gasteiger partial charge on any atom is -0.330 e. The molecule has 3 nitrogen and oxygen atoms in total. The van der Waals surface area contributed by atoms with E-state index in [0.29, 0.717) is 24.7 Å². The Labute approximate surface area is 80.3 Å². The Kier molecular flexibility index (Phi) is 4.39. The van der Waals surface area contributed by atoms with Crippen molar-refractivity contribution in [3.8, 4) is 0 Å². The Morgan fingerprint density at radius 1 is 1.46 bits per heavy atom. The van der Waals surface area contributed by atoms with E-state index < -0.39 is 0 Å². The SMILES string of the molecule is CN1CCC(C(=O)CCCN)CC1. The van der Waals surface area contributed by atoms with Crippen LogP contribution in [0.5, 0.6) is 0 Å². The predicted octanol–water partition coefficient (Wildman–Crippen LogP) is 0.636. The van der Waals surface area contributed by atoms with Crippen molar-refractivity contribution >= 4 is 5.78 Å². The van der Waals surface area contributed by atoms with Gasteiger partial charge in [-0.05, 0) is 45.9 Å². The maximum absolute atomic E-state index is 11.6. The van der Waals surface area contributed by atoms with Crippen LogP contribution in [-0.2, 0) is 4.79 Å². The maximum Gasteiger partial charge on any atom is 0.136 e. The third-order valence-electron chi connectivity index (χ3n) is 2.80. The van der Waals surface area contributed by atoms with Gasteiger partial charge in [-0.3, -0.25) is 4.79 Å². The van der Waals surface area contributed by atoms with Crippen LogP contribution in [0, 0.1) is 5.92 Å². The van der Waals surface area contributed by atoms with Gasteiger partial charge >= 0.3 is 0 Å². The van der Waals surface area contributed by atoms with E-state index in [4.69, 9.17) is 5.73 Å². The molecule has 1 fully saturated rings. The molecule has 13 heavy (non-hydrogen) atoms. The zero-order valence-electron chi connectivity index (χ0n) is 8.46. The van der Waals surface area contributed by atoms with Crippen LogP contribution >= 0.6 is 0 Å². The number of piperidine rings is 1. The highest BCUT2D eigenvalue weighted by Gasteiger charge is 2.22. The smallest absolute Gasteiger partial charge is 0.136 e. The number of nitrogens with zero attached hydrogens (tertiary/aromatic N) is 1. The molecule has 0 radical (unpaired) electrons. The fourth-order valence-corrected chi connectivity index (χ4v) is 1.81. The molecule has 0 aliphatic carbocycles. The van der Waals surface area contributed by atoms with Crippen LogP contribution in [0.4, 0.5) is 0 Å². The second kappa shape index (κ2) is 5.35. The molecule has 0 unspecified atom stereocenters. The van der Waals surface area contributed by atoms with Gasteiger partial charge in [-0.2, -0.15) is 0 Å². The van der Waals surface area contributed by atoms with Gasteiger partial charge in [0.15, 0.2) is 0 Å². The van der Waals surface area contributed by atoms with Crippen molar-refractivity contribution in [1.82, 2.24) is 4.90 Å². The molecule has 0 atom stereocenters. The molecule has 1 rings (SSSR count). The number of hydrogen-bond donors (Lipinski definition) is 1. The van der Waals surface area contributed by atoms with Crippen LogP contribution in [0.2, 0.25) is 0 Å². The second-order valence-electron chi connectivity index (χ2n) is 3.94. The van der Waals surface area contributed by atoms with Gasteiger partial charge in [0.25, 0.3) is 0 Å². The Bertz CT molecular complexity index is 162. The molecule has 1 aliphatic heterocycles. The highest BCUT2D eigenvalue weighted by molar-refractivity contribution is 5.81. The van der Waals surface area contributed by atoms with Crippen molar-refractivity contribution in [3.63, 3.8) is 0 Å². The van der Waals surface area contributed by atoms with E-state index in [1.165, 1.54) is 0 Å². The average Bonchev–Trinajstić information content (AvgIpc) is 2.15. The Hall–Kier alpha value is -0.410. The first kappa shape index (κ1) is 10.7. The normalized spacial score (nSPS) is 20.5. The summed E-state index contributed by atoms with van der Waals surface area (Å²) < 4.78 is 0. The number of hydrogen-bond acceptors (Lipinski definition) is 3. The average molecular weight is 184 g/mol. The van der Waals surface area contributed by atoms with Crippen molar-refractivity contribution in [2.75, 3.05) is 26.7 Å². The van der Waals surface area contributed by atoms with E-state index >= 15 is 0 Å². The molecule has 0 aromatic heterocycles. The Morgan fingerprint density at radius 3 is 2.62 bits per heavy atom. The minimum atomic E-state index is 0.322. The molecule has 0 aromatic rings. The van der Waals surface area contributed by atoms with Crippen LogP contribution < -0.4 is 5.73 Å². The van der Waals surface area contributed by atoms with Gasteiger partial charge in [-0.1, -0.05) is 0 Å². The van der Waals surface area contributed by atoms with E-state index in [9.17, 15) is 4.79 Å². The number of Topliss-reactive ketones (excluding diaryl/α,β-unsaturated/α-hetero) is 1. The molecule has 0 amide bonds. The number of ketones is 1. The summed E-state index contributed by atoms with van der Waals surface area (Å²) in [6.07, 6.45) is 3.62. The summed E-state index contributed by atoms with van der Waals surface area (Å²) in [6.45, 7) is 2.77. The number of rotatable bonds is 4. The highest BCUT2D eigenvalue weighted by atomic mass is 16.1. The molecular formula is C10H20N2O. The molecule has 0 bridgehead atoms. The summed E-state index contributed by atoms with van der Waals surface area (Å²) in [5.41, 5.74) is 5.37. The lowest BCUT2D eigenvalue weighted by molar-refractivity contribution is -0.124. The minimum absolute atomic E-state index is 0.322. The largest absolute Gasteiger partial charge is 0.330 e. The summed E-state index contributed by atoms with van der Waals surface area (Å²) in [4.78, 5) is 13.9. The lowest BCUT2D eigenvalue weighted by Gasteiger charge is -2.27. The third kappa shape index (κ3) is 3.44. The first-order valence-electron chi connectivity index (χ1n) is 5.15. The van der Waals surface area contributed by atoms with Crippen LogP contribution in [0.1, 0.15) is 25.7 Å². The van der Waals surface area contributed by atoms with Gasteiger partial charge in [0.2, 0.25) is 0 Å². The second-order valence-corrected chi connectivity index (χ2v) is 3.94. The van der Waals surface area contributed by atoms with Gasteiger partial charge < -0.3 is 10.6 Å². The lowest BCUT2D eigenvalue weighted by Crippen LogP contribution is -2.33. The molecule has 2 N–H and O–H groups in total. The van der Waals surface area contributed by atoms with Crippen LogP contribution in [0.25, 0.3) is 0 Å². The molecule has 76 valence electrons. The fraction of sp³-hybridized carbons (Fsp3) is 0.900. The lowest BCUT2D eigenvalue weighted by atomic mass is 9.90. The number of nitrogens with two attached hydrogens (primary N) is 1. The van der Waals surface area contributed by atoms with Crippen LogP contribution in [0.3, 0.4) is 0 Å². The molecule has 0 spiro atoms. The topological polar surface area (TPSA) is 46.3 Å². The standard InChI is InChI=1S/C10H20N2O/c1-12-7-4-9(5-8-12)10(13)3-2-6-11/h9H,2-8,11H2,1H3. The Balaban J connectivity index is 2.23. The molecule has 1 saturated heterocycles. The van der Waals surface area contributed by atoms with Gasteiger partial charge in [0.1, 0.15) is 5.78 Å². The maximum atomic E-state index is 11.6. The van der Waals surface area contributed by atoms with Crippen molar-refractivity contribution in [3.05, 3.63) is 0 Å². The molecule has 1 heterocycles. The summed E-state index contributed by atoms with van der Waals surface area (Å²) in [6, 6.07) is 0. The van der Waals surface area contributed by atoms with Crippen molar-refractivity contribution < 1.29 is 4.79 Å². The Morgan fingerprint density at radius 2 is 2.08 bits per heavy atom. The fourth-order valence-electron chi connectivity index (χ4n) is 1.81. The van der Waals surface area contributed by atoms with Crippen molar-refractivity contribution in [1.29, 1.82) is 0 Å². The van der Waals surface area contributed by atoms with E-state index in [0.717, 1.165) is 32.4 Å². The number of carbonyl (C=O) groups is 1. The molecular weight excluding hydrogens is 164 g/mol. The van der Waals surface area contributed by atoms with Crippen LogP contribution in [-0.4, -0.2) is 37.4 Å². The van der Waals surface area contributed by atoms with Gasteiger partial charge in [0.05, 0.1) is 0 Å².